The Labute approximate surface area is 158 Å². The molecule has 0 aromatic heterocycles. The summed E-state index contributed by atoms with van der Waals surface area (Å²) in [4.78, 5) is 36.4. The minimum Gasteiger partial charge on any atom is -0.451 e. The molecule has 1 fully saturated rings. The van der Waals surface area contributed by atoms with E-state index in [4.69, 9.17) is 4.74 Å². The zero-order valence-corrected chi connectivity index (χ0v) is 15.4. The lowest BCUT2D eigenvalue weighted by Gasteiger charge is -2.22. The van der Waals surface area contributed by atoms with Gasteiger partial charge in [0.2, 0.25) is 5.91 Å². The third-order valence-electron chi connectivity index (χ3n) is 4.82. The molecular weight excluding hydrogens is 346 g/mol. The Morgan fingerprint density at radius 2 is 1.78 bits per heavy atom. The molecular formula is C20H25N3O4. The van der Waals surface area contributed by atoms with Crippen molar-refractivity contribution >= 4 is 29.2 Å². The predicted molar refractivity (Wildman–Crippen MR) is 101 cm³/mol. The summed E-state index contributed by atoms with van der Waals surface area (Å²) in [5.41, 5.74) is 0.749. The number of carbonyl (C=O) groups excluding carboxylic acids is 3. The summed E-state index contributed by atoms with van der Waals surface area (Å²) in [5.74, 6) is -1.12. The summed E-state index contributed by atoms with van der Waals surface area (Å²) in [5, 5.41) is 8.29. The second-order valence-electron chi connectivity index (χ2n) is 6.92. The SMILES string of the molecule is O=C(COC(=O)C1=NN(c2ccccc2)C(=O)CC1)NC1CCCCCC1. The van der Waals surface area contributed by atoms with Gasteiger partial charge in [0.1, 0.15) is 5.71 Å². The van der Waals surface area contributed by atoms with Crippen LogP contribution < -0.4 is 10.3 Å². The maximum atomic E-state index is 12.3. The van der Waals surface area contributed by atoms with Crippen molar-refractivity contribution in [2.75, 3.05) is 11.6 Å². The summed E-state index contributed by atoms with van der Waals surface area (Å²) in [6, 6.07) is 9.08. The van der Waals surface area contributed by atoms with Crippen LogP contribution in [-0.4, -0.2) is 36.1 Å². The molecule has 7 heteroatoms. The molecule has 0 spiro atoms. The number of anilines is 1. The quantitative estimate of drug-likeness (QED) is 0.636. The number of rotatable bonds is 5. The van der Waals surface area contributed by atoms with E-state index in [1.807, 2.05) is 6.07 Å². The first kappa shape index (κ1) is 19.1. The molecule has 27 heavy (non-hydrogen) atoms. The molecule has 1 N–H and O–H groups in total. The molecule has 0 saturated heterocycles. The fourth-order valence-electron chi connectivity index (χ4n) is 3.38. The standard InChI is InChI=1S/C20H25N3O4/c24-18(21-15-8-4-1-2-5-9-15)14-27-20(26)17-12-13-19(25)23(22-17)16-10-6-3-7-11-16/h3,6-7,10-11,15H,1-2,4-5,8-9,12-14H2,(H,21,24). The van der Waals surface area contributed by atoms with Gasteiger partial charge in [0, 0.05) is 18.9 Å². The first-order valence-electron chi connectivity index (χ1n) is 9.55. The summed E-state index contributed by atoms with van der Waals surface area (Å²) < 4.78 is 5.12. The highest BCUT2D eigenvalue weighted by atomic mass is 16.5. The van der Waals surface area contributed by atoms with E-state index in [9.17, 15) is 14.4 Å². The lowest BCUT2D eigenvalue weighted by molar-refractivity contribution is -0.142. The number of nitrogens with one attached hydrogen (secondary N) is 1. The van der Waals surface area contributed by atoms with Crippen LogP contribution in [0, 0.1) is 0 Å². The Morgan fingerprint density at radius 3 is 2.48 bits per heavy atom. The lowest BCUT2D eigenvalue weighted by Crippen LogP contribution is -2.39. The molecule has 3 rings (SSSR count). The highest BCUT2D eigenvalue weighted by Crippen LogP contribution is 2.20. The second kappa shape index (κ2) is 9.30. The molecule has 1 aliphatic heterocycles. The van der Waals surface area contributed by atoms with Gasteiger partial charge in [-0.1, -0.05) is 43.9 Å². The Morgan fingerprint density at radius 1 is 1.07 bits per heavy atom. The predicted octanol–water partition coefficient (Wildman–Crippen LogP) is 2.55. The van der Waals surface area contributed by atoms with Crippen molar-refractivity contribution in [1.82, 2.24) is 5.32 Å². The highest BCUT2D eigenvalue weighted by Gasteiger charge is 2.27. The Hall–Kier alpha value is -2.70. The first-order valence-corrected chi connectivity index (χ1v) is 9.55. The normalized spacial score (nSPS) is 18.4. The minimum atomic E-state index is -0.653. The van der Waals surface area contributed by atoms with Crippen molar-refractivity contribution in [2.24, 2.45) is 5.10 Å². The van der Waals surface area contributed by atoms with E-state index in [0.29, 0.717) is 5.69 Å². The van der Waals surface area contributed by atoms with Crippen LogP contribution in [0.3, 0.4) is 0 Å². The van der Waals surface area contributed by atoms with Crippen molar-refractivity contribution in [3.8, 4) is 0 Å². The lowest BCUT2D eigenvalue weighted by atomic mass is 10.1. The van der Waals surface area contributed by atoms with Crippen LogP contribution in [0.2, 0.25) is 0 Å². The van der Waals surface area contributed by atoms with Gasteiger partial charge in [-0.2, -0.15) is 5.10 Å². The Balaban J connectivity index is 1.54. The van der Waals surface area contributed by atoms with Gasteiger partial charge in [-0.3, -0.25) is 9.59 Å². The van der Waals surface area contributed by atoms with Gasteiger partial charge in [-0.15, -0.1) is 0 Å². The molecule has 144 valence electrons. The van der Waals surface area contributed by atoms with Gasteiger partial charge < -0.3 is 10.1 Å². The van der Waals surface area contributed by atoms with Crippen molar-refractivity contribution in [2.45, 2.75) is 57.4 Å². The molecule has 1 aliphatic carbocycles. The number of carbonyl (C=O) groups is 3. The van der Waals surface area contributed by atoms with Crippen molar-refractivity contribution in [3.05, 3.63) is 30.3 Å². The van der Waals surface area contributed by atoms with Gasteiger partial charge >= 0.3 is 5.97 Å². The molecule has 2 aliphatic rings. The van der Waals surface area contributed by atoms with Crippen LogP contribution in [0.15, 0.2) is 35.4 Å². The topological polar surface area (TPSA) is 88.1 Å². The van der Waals surface area contributed by atoms with Gasteiger partial charge in [0.05, 0.1) is 5.69 Å². The van der Waals surface area contributed by atoms with E-state index in [2.05, 4.69) is 10.4 Å². The number of esters is 1. The van der Waals surface area contributed by atoms with Gasteiger partial charge in [-0.25, -0.2) is 9.80 Å². The van der Waals surface area contributed by atoms with Gasteiger partial charge in [0.15, 0.2) is 6.61 Å². The summed E-state index contributed by atoms with van der Waals surface area (Å²) in [6.07, 6.45) is 6.98. The third-order valence-corrected chi connectivity index (χ3v) is 4.82. The molecule has 2 amide bonds. The van der Waals surface area contributed by atoms with Crippen LogP contribution in [0.4, 0.5) is 5.69 Å². The largest absolute Gasteiger partial charge is 0.451 e. The number of hydrogen-bond donors (Lipinski definition) is 1. The van der Waals surface area contributed by atoms with E-state index >= 15 is 0 Å². The Bertz CT molecular complexity index is 709. The Kier molecular flexibility index (Phi) is 6.57. The van der Waals surface area contributed by atoms with E-state index in [0.717, 1.165) is 25.7 Å². The molecule has 1 saturated carbocycles. The molecule has 7 nitrogen and oxygen atoms in total. The number of amides is 2. The zero-order chi connectivity index (χ0) is 19.1. The number of para-hydroxylation sites is 1. The number of hydrogen-bond acceptors (Lipinski definition) is 5. The fourth-order valence-corrected chi connectivity index (χ4v) is 3.38. The van der Waals surface area contributed by atoms with Crippen LogP contribution in [0.5, 0.6) is 0 Å². The smallest absolute Gasteiger partial charge is 0.355 e. The summed E-state index contributed by atoms with van der Waals surface area (Å²) in [6.45, 7) is -0.326. The van der Waals surface area contributed by atoms with Crippen LogP contribution in [-0.2, 0) is 19.1 Å². The second-order valence-corrected chi connectivity index (χ2v) is 6.92. The zero-order valence-electron chi connectivity index (χ0n) is 15.4. The number of benzene rings is 1. The summed E-state index contributed by atoms with van der Waals surface area (Å²) in [7, 11) is 0. The van der Waals surface area contributed by atoms with E-state index in [1.54, 1.807) is 24.3 Å². The highest BCUT2D eigenvalue weighted by molar-refractivity contribution is 6.38. The number of nitrogens with zero attached hydrogens (tertiary/aromatic N) is 2. The first-order chi connectivity index (χ1) is 13.1. The molecule has 0 atom stereocenters. The van der Waals surface area contributed by atoms with Crippen molar-refractivity contribution in [1.29, 1.82) is 0 Å². The molecule has 1 heterocycles. The van der Waals surface area contributed by atoms with E-state index < -0.39 is 5.97 Å². The molecule has 1 aromatic rings. The average Bonchev–Trinajstić information content (AvgIpc) is 2.96. The molecule has 0 radical (unpaired) electrons. The number of ether oxygens (including phenoxy) is 1. The van der Waals surface area contributed by atoms with Gasteiger partial charge in [0.25, 0.3) is 5.91 Å². The van der Waals surface area contributed by atoms with E-state index in [-0.39, 0.29) is 43.0 Å². The molecule has 0 unspecified atom stereocenters. The number of hydrazone groups is 1. The van der Waals surface area contributed by atoms with Gasteiger partial charge in [-0.05, 0) is 25.0 Å². The average molecular weight is 371 g/mol. The third kappa shape index (κ3) is 5.39. The maximum absolute atomic E-state index is 12.3. The van der Waals surface area contributed by atoms with E-state index in [1.165, 1.54) is 17.9 Å². The molecule has 0 bridgehead atoms. The van der Waals surface area contributed by atoms with Crippen molar-refractivity contribution in [3.63, 3.8) is 0 Å². The summed E-state index contributed by atoms with van der Waals surface area (Å²) >= 11 is 0. The minimum absolute atomic E-state index is 0.153. The fraction of sp³-hybridized carbons (Fsp3) is 0.500. The monoisotopic (exact) mass is 371 g/mol. The maximum Gasteiger partial charge on any atom is 0.355 e. The molecule has 1 aromatic carbocycles. The van der Waals surface area contributed by atoms with Crippen LogP contribution in [0.1, 0.15) is 51.4 Å². The van der Waals surface area contributed by atoms with Crippen LogP contribution in [0.25, 0.3) is 0 Å². The van der Waals surface area contributed by atoms with Crippen molar-refractivity contribution < 1.29 is 19.1 Å². The van der Waals surface area contributed by atoms with Crippen LogP contribution >= 0.6 is 0 Å².